The molecule has 0 radical (unpaired) electrons. The van der Waals surface area contributed by atoms with Gasteiger partial charge in [0.1, 0.15) is 11.5 Å². The summed E-state index contributed by atoms with van der Waals surface area (Å²) in [5.41, 5.74) is 2.58. The minimum Gasteiger partial charge on any atom is -0.491 e. The number of nitrogens with zero attached hydrogens (tertiary/aromatic N) is 1. The Morgan fingerprint density at radius 3 is 2.76 bits per heavy atom. The zero-order valence-electron chi connectivity index (χ0n) is 18.5. The molecule has 33 heavy (non-hydrogen) atoms. The summed E-state index contributed by atoms with van der Waals surface area (Å²) in [6, 6.07) is 4.59. The maximum absolute atomic E-state index is 15.0. The van der Waals surface area contributed by atoms with Gasteiger partial charge in [0.05, 0.1) is 31.6 Å². The van der Waals surface area contributed by atoms with Crippen LogP contribution in [0.5, 0.6) is 5.75 Å². The highest BCUT2D eigenvalue weighted by atomic mass is 32.2. The summed E-state index contributed by atoms with van der Waals surface area (Å²) in [5, 5.41) is 2.90. The van der Waals surface area contributed by atoms with E-state index in [1.54, 1.807) is 25.3 Å². The lowest BCUT2D eigenvalue weighted by molar-refractivity contribution is 0.0982. The van der Waals surface area contributed by atoms with Crippen LogP contribution in [0, 0.1) is 5.82 Å². The summed E-state index contributed by atoms with van der Waals surface area (Å²) >= 11 is 0. The van der Waals surface area contributed by atoms with Crippen molar-refractivity contribution in [1.29, 1.82) is 0 Å². The molecule has 0 spiro atoms. The van der Waals surface area contributed by atoms with Crippen LogP contribution < -0.4 is 14.8 Å². The van der Waals surface area contributed by atoms with Crippen molar-refractivity contribution in [2.75, 3.05) is 31.4 Å². The van der Waals surface area contributed by atoms with Crippen LogP contribution in [-0.2, 0) is 14.8 Å². The second-order valence-electron chi connectivity index (χ2n) is 8.05. The van der Waals surface area contributed by atoms with Crippen LogP contribution >= 0.6 is 0 Å². The highest BCUT2D eigenvalue weighted by Gasteiger charge is 2.28. The fraction of sp³-hybridized carbons (Fsp3) is 0.391. The third-order valence-electron chi connectivity index (χ3n) is 5.43. The fourth-order valence-corrected chi connectivity index (χ4v) is 4.18. The van der Waals surface area contributed by atoms with E-state index in [1.165, 1.54) is 6.07 Å². The zero-order chi connectivity index (χ0) is 23.6. The number of ether oxygens (including phenoxy) is 2. The van der Waals surface area contributed by atoms with Gasteiger partial charge in [-0.15, -0.1) is 0 Å². The molecule has 176 valence electrons. The van der Waals surface area contributed by atoms with Gasteiger partial charge >= 0.3 is 0 Å². The van der Waals surface area contributed by atoms with Gasteiger partial charge in [0, 0.05) is 11.8 Å². The molecular weight excluding hydrogens is 449 g/mol. The van der Waals surface area contributed by atoms with Crippen LogP contribution in [0.15, 0.2) is 30.5 Å². The molecule has 1 aliphatic carbocycles. The van der Waals surface area contributed by atoms with Crippen LogP contribution in [0.1, 0.15) is 53.6 Å². The number of benzene rings is 1. The lowest BCUT2D eigenvalue weighted by atomic mass is 9.99. The van der Waals surface area contributed by atoms with E-state index in [0.717, 1.165) is 35.8 Å². The second kappa shape index (κ2) is 9.48. The van der Waals surface area contributed by atoms with Crippen molar-refractivity contribution in [3.05, 3.63) is 53.0 Å². The molecule has 1 amide bonds. The van der Waals surface area contributed by atoms with Gasteiger partial charge in [-0.1, -0.05) is 6.08 Å². The normalized spacial score (nSPS) is 16.2. The highest BCUT2D eigenvalue weighted by molar-refractivity contribution is 7.89. The first-order chi connectivity index (χ1) is 15.8. The van der Waals surface area contributed by atoms with E-state index in [2.05, 4.69) is 10.3 Å². The van der Waals surface area contributed by atoms with Crippen molar-refractivity contribution in [1.82, 2.24) is 9.71 Å². The summed E-state index contributed by atoms with van der Waals surface area (Å²) in [5.74, 6) is -0.795. The molecule has 10 heteroatoms. The molecule has 0 saturated heterocycles. The van der Waals surface area contributed by atoms with Crippen molar-refractivity contribution in [2.45, 2.75) is 32.1 Å². The molecule has 8 nitrogen and oxygen atoms in total. The monoisotopic (exact) mass is 475 g/mol. The van der Waals surface area contributed by atoms with Gasteiger partial charge < -0.3 is 14.8 Å². The maximum Gasteiger partial charge on any atom is 0.268 e. The summed E-state index contributed by atoms with van der Waals surface area (Å²) < 4.78 is 51.5. The lowest BCUT2D eigenvalue weighted by Gasteiger charge is -2.21. The Bertz CT molecular complexity index is 1210. The number of rotatable bonds is 8. The van der Waals surface area contributed by atoms with Crippen LogP contribution in [-0.4, -0.2) is 45.4 Å². The van der Waals surface area contributed by atoms with Crippen LogP contribution in [0.4, 0.5) is 15.9 Å². The predicted octanol–water partition coefficient (Wildman–Crippen LogP) is 3.73. The van der Waals surface area contributed by atoms with Gasteiger partial charge in [0.15, 0.2) is 11.6 Å². The molecule has 0 bridgehead atoms. The molecule has 0 unspecified atom stereocenters. The molecule has 2 aromatic rings. The van der Waals surface area contributed by atoms with Gasteiger partial charge in [-0.3, -0.25) is 4.79 Å². The molecule has 0 atom stereocenters. The highest BCUT2D eigenvalue weighted by Crippen LogP contribution is 2.42. The van der Waals surface area contributed by atoms with E-state index in [0.29, 0.717) is 32.0 Å². The van der Waals surface area contributed by atoms with E-state index < -0.39 is 21.7 Å². The number of hydrogen-bond acceptors (Lipinski definition) is 7. The average molecular weight is 476 g/mol. The zero-order valence-corrected chi connectivity index (χ0v) is 19.3. The number of amides is 1. The second-order valence-corrected chi connectivity index (χ2v) is 9.80. The number of pyridine rings is 1. The summed E-state index contributed by atoms with van der Waals surface area (Å²) in [4.78, 5) is 17.1. The van der Waals surface area contributed by atoms with Crippen LogP contribution in [0.2, 0.25) is 0 Å². The first kappa shape index (κ1) is 23.2. The number of nitrogens with one attached hydrogen (secondary N) is 2. The van der Waals surface area contributed by atoms with E-state index in [1.807, 2.05) is 10.8 Å². The molecule has 1 aromatic carbocycles. The topological polar surface area (TPSA) is 107 Å². The van der Waals surface area contributed by atoms with Gasteiger partial charge in [0.25, 0.3) is 5.91 Å². The number of carbonyl (C=O) groups excluding carboxylic acids is 1. The number of carbonyl (C=O) groups is 1. The molecule has 2 heterocycles. The molecule has 1 fully saturated rings. The smallest absolute Gasteiger partial charge is 0.268 e. The Morgan fingerprint density at radius 1 is 1.33 bits per heavy atom. The predicted molar refractivity (Wildman–Crippen MR) is 123 cm³/mol. The minimum absolute atomic E-state index is 0.0161. The Labute approximate surface area is 192 Å². The SMILES string of the molecule is CCOc1c(C2=CCOCC2)ccc(F)c1Nc1ncc(C2CC2)cc1C(=O)NS(C)(=O)=O. The van der Waals surface area contributed by atoms with Crippen molar-refractivity contribution >= 4 is 33.0 Å². The maximum atomic E-state index is 15.0. The molecule has 1 saturated carbocycles. The van der Waals surface area contributed by atoms with Gasteiger partial charge in [-0.05, 0) is 61.4 Å². The van der Waals surface area contributed by atoms with E-state index in [-0.39, 0.29) is 23.0 Å². The number of halogens is 1. The molecule has 2 aliphatic rings. The molecule has 1 aliphatic heterocycles. The molecular formula is C23H26FN3O5S. The van der Waals surface area contributed by atoms with Crippen molar-refractivity contribution in [3.8, 4) is 5.75 Å². The fourth-order valence-electron chi connectivity index (χ4n) is 3.73. The number of anilines is 2. The quantitative estimate of drug-likeness (QED) is 0.599. The third-order valence-corrected chi connectivity index (χ3v) is 5.98. The lowest BCUT2D eigenvalue weighted by Crippen LogP contribution is -2.30. The van der Waals surface area contributed by atoms with Crippen LogP contribution in [0.3, 0.4) is 0 Å². The Kier molecular flexibility index (Phi) is 6.66. The van der Waals surface area contributed by atoms with Gasteiger partial charge in [0.2, 0.25) is 10.0 Å². The van der Waals surface area contributed by atoms with Crippen molar-refractivity contribution < 1.29 is 27.1 Å². The standard InChI is InChI=1S/C23H26FN3O5S/c1-3-32-21-17(15-8-10-31-11-9-15)6-7-19(24)20(21)26-22-18(23(28)27-33(2,29)30)12-16(13-25-22)14-4-5-14/h6-8,12-14H,3-5,9-11H2,1-2H3,(H,25,26)(H,27,28). The Hall–Kier alpha value is -2.98. The number of hydrogen-bond donors (Lipinski definition) is 2. The Balaban J connectivity index is 1.78. The van der Waals surface area contributed by atoms with Gasteiger partial charge in [-0.2, -0.15) is 0 Å². The first-order valence-electron chi connectivity index (χ1n) is 10.8. The largest absolute Gasteiger partial charge is 0.491 e. The summed E-state index contributed by atoms with van der Waals surface area (Å²) in [6.07, 6.45) is 7.06. The minimum atomic E-state index is -3.80. The van der Waals surface area contributed by atoms with Crippen LogP contribution in [0.25, 0.3) is 5.57 Å². The summed E-state index contributed by atoms with van der Waals surface area (Å²) in [6.45, 7) is 3.10. The summed E-state index contributed by atoms with van der Waals surface area (Å²) in [7, 11) is -3.80. The van der Waals surface area contributed by atoms with Crippen molar-refractivity contribution in [2.24, 2.45) is 0 Å². The van der Waals surface area contributed by atoms with E-state index in [9.17, 15) is 13.2 Å². The van der Waals surface area contributed by atoms with Gasteiger partial charge in [-0.25, -0.2) is 22.5 Å². The molecule has 2 N–H and O–H groups in total. The van der Waals surface area contributed by atoms with Crippen molar-refractivity contribution in [3.63, 3.8) is 0 Å². The van der Waals surface area contributed by atoms with E-state index >= 15 is 4.39 Å². The molecule has 4 rings (SSSR count). The first-order valence-corrected chi connectivity index (χ1v) is 12.7. The van der Waals surface area contributed by atoms with E-state index in [4.69, 9.17) is 9.47 Å². The number of sulfonamides is 1. The third kappa shape index (κ3) is 5.51. The average Bonchev–Trinajstić information content (AvgIpc) is 3.61. The number of aromatic nitrogens is 1. The Morgan fingerprint density at radius 2 is 2.12 bits per heavy atom. The molecule has 1 aromatic heterocycles.